The van der Waals surface area contributed by atoms with Gasteiger partial charge >= 0.3 is 0 Å². The highest BCUT2D eigenvalue weighted by Crippen LogP contribution is 2.28. The van der Waals surface area contributed by atoms with Crippen LogP contribution in [0.3, 0.4) is 0 Å². The van der Waals surface area contributed by atoms with E-state index in [9.17, 15) is 17.6 Å². The van der Waals surface area contributed by atoms with Crippen molar-refractivity contribution in [2.45, 2.75) is 4.90 Å². The Bertz CT molecular complexity index is 1270. The summed E-state index contributed by atoms with van der Waals surface area (Å²) in [6.45, 7) is 1.65. The van der Waals surface area contributed by atoms with Crippen LogP contribution in [0.1, 0.15) is 0 Å². The molecule has 0 radical (unpaired) electrons. The molecule has 1 aliphatic rings. The molecule has 1 amide bonds. The number of piperazine rings is 1. The Balaban J connectivity index is 1.32. The van der Waals surface area contributed by atoms with Crippen molar-refractivity contribution in [1.29, 1.82) is 0 Å². The van der Waals surface area contributed by atoms with Crippen LogP contribution < -0.4 is 14.4 Å². The summed E-state index contributed by atoms with van der Waals surface area (Å²) >= 11 is 6.23. The maximum absolute atomic E-state index is 14.0. The van der Waals surface area contributed by atoms with E-state index in [2.05, 4.69) is 4.72 Å². The van der Waals surface area contributed by atoms with Gasteiger partial charge in [-0.2, -0.15) is 0 Å². The van der Waals surface area contributed by atoms with Crippen molar-refractivity contribution in [2.75, 3.05) is 42.4 Å². The first kappa shape index (κ1) is 23.8. The molecule has 3 aromatic rings. The molecule has 0 saturated carbocycles. The highest BCUT2D eigenvalue weighted by molar-refractivity contribution is 7.92. The van der Waals surface area contributed by atoms with Crippen LogP contribution in [-0.2, 0) is 14.8 Å². The molecule has 4 rings (SSSR count). The van der Waals surface area contributed by atoms with E-state index >= 15 is 0 Å². The molecule has 0 unspecified atom stereocenters. The zero-order chi connectivity index (χ0) is 24.1. The van der Waals surface area contributed by atoms with E-state index in [-0.39, 0.29) is 34.0 Å². The summed E-state index contributed by atoms with van der Waals surface area (Å²) in [5.41, 5.74) is 0.953. The number of amides is 1. The fraction of sp³-hybridized carbons (Fsp3) is 0.208. The summed E-state index contributed by atoms with van der Waals surface area (Å²) in [4.78, 5) is 16.1. The van der Waals surface area contributed by atoms with Gasteiger partial charge in [-0.3, -0.25) is 9.52 Å². The predicted octanol–water partition coefficient (Wildman–Crippen LogP) is 4.01. The largest absolute Gasteiger partial charge is 0.482 e. The Kier molecular flexibility index (Phi) is 7.23. The highest BCUT2D eigenvalue weighted by Gasteiger charge is 2.23. The summed E-state index contributed by atoms with van der Waals surface area (Å²) in [7, 11) is -3.83. The minimum absolute atomic E-state index is 0.0238. The maximum Gasteiger partial charge on any atom is 0.261 e. The molecule has 3 aromatic carbocycles. The van der Waals surface area contributed by atoms with Crippen LogP contribution in [0.25, 0.3) is 0 Å². The van der Waals surface area contributed by atoms with Crippen LogP contribution in [0.15, 0.2) is 77.7 Å². The van der Waals surface area contributed by atoms with E-state index in [1.54, 1.807) is 53.4 Å². The number of sulfonamides is 1. The van der Waals surface area contributed by atoms with E-state index in [0.29, 0.717) is 37.6 Å². The number of ether oxygens (including phenoxy) is 1. The van der Waals surface area contributed by atoms with Gasteiger partial charge in [-0.05, 0) is 42.5 Å². The monoisotopic (exact) mass is 503 g/mol. The van der Waals surface area contributed by atoms with Gasteiger partial charge in [0.25, 0.3) is 15.9 Å². The van der Waals surface area contributed by atoms with Gasteiger partial charge in [-0.1, -0.05) is 41.9 Å². The Labute approximate surface area is 202 Å². The molecule has 0 atom stereocenters. The molecule has 34 heavy (non-hydrogen) atoms. The molecule has 10 heteroatoms. The standard InChI is InChI=1S/C24H23ClFN3O4S/c25-20-16-19(34(31,32)27-18-6-2-1-3-7-18)10-11-23(20)33-17-24(30)29-14-12-28(13-15-29)22-9-5-4-8-21(22)26/h1-11,16,27H,12-15,17H2. The van der Waals surface area contributed by atoms with Crippen molar-refractivity contribution in [3.63, 3.8) is 0 Å². The third-order valence-electron chi connectivity index (χ3n) is 5.42. The number of benzene rings is 3. The average Bonchev–Trinajstić information content (AvgIpc) is 2.84. The minimum Gasteiger partial charge on any atom is -0.482 e. The molecule has 7 nitrogen and oxygen atoms in total. The van der Waals surface area contributed by atoms with Gasteiger partial charge in [0.2, 0.25) is 0 Å². The summed E-state index contributed by atoms with van der Waals surface area (Å²) < 4.78 is 47.2. The van der Waals surface area contributed by atoms with Crippen molar-refractivity contribution in [3.05, 3.63) is 83.6 Å². The van der Waals surface area contributed by atoms with Crippen molar-refractivity contribution in [3.8, 4) is 5.75 Å². The molecule has 178 valence electrons. The van der Waals surface area contributed by atoms with Gasteiger partial charge in [0.1, 0.15) is 11.6 Å². The first-order valence-electron chi connectivity index (χ1n) is 10.6. The molecular formula is C24H23ClFN3O4S. The number of hydrogen-bond donors (Lipinski definition) is 1. The Morgan fingerprint density at radius 3 is 2.32 bits per heavy atom. The molecule has 1 N–H and O–H groups in total. The van der Waals surface area contributed by atoms with E-state index in [1.807, 2.05) is 4.90 Å². The van der Waals surface area contributed by atoms with Gasteiger partial charge in [0.05, 0.1) is 15.6 Å². The third kappa shape index (κ3) is 5.60. The zero-order valence-electron chi connectivity index (χ0n) is 18.2. The SMILES string of the molecule is O=C(COc1ccc(S(=O)(=O)Nc2ccccc2)cc1Cl)N1CCN(c2ccccc2F)CC1. The van der Waals surface area contributed by atoms with Crippen LogP contribution in [-0.4, -0.2) is 52.0 Å². The van der Waals surface area contributed by atoms with Crippen molar-refractivity contribution in [1.82, 2.24) is 4.90 Å². The zero-order valence-corrected chi connectivity index (χ0v) is 19.7. The second-order valence-corrected chi connectivity index (χ2v) is 9.76. The van der Waals surface area contributed by atoms with Crippen LogP contribution >= 0.6 is 11.6 Å². The minimum atomic E-state index is -3.83. The molecule has 1 fully saturated rings. The first-order valence-corrected chi connectivity index (χ1v) is 12.5. The summed E-state index contributed by atoms with van der Waals surface area (Å²) in [6, 6.07) is 19.1. The lowest BCUT2D eigenvalue weighted by Crippen LogP contribution is -2.50. The summed E-state index contributed by atoms with van der Waals surface area (Å²) in [5, 5.41) is 0.0770. The highest BCUT2D eigenvalue weighted by atomic mass is 35.5. The van der Waals surface area contributed by atoms with E-state index in [4.69, 9.17) is 16.3 Å². The van der Waals surface area contributed by atoms with Gasteiger partial charge in [-0.25, -0.2) is 12.8 Å². The lowest BCUT2D eigenvalue weighted by Gasteiger charge is -2.36. The second kappa shape index (κ2) is 10.3. The topological polar surface area (TPSA) is 78.9 Å². The fourth-order valence-electron chi connectivity index (χ4n) is 3.62. The van der Waals surface area contributed by atoms with Crippen molar-refractivity contribution in [2.24, 2.45) is 0 Å². The molecule has 0 aliphatic carbocycles. The number of nitrogens with one attached hydrogen (secondary N) is 1. The number of hydrogen-bond acceptors (Lipinski definition) is 5. The summed E-state index contributed by atoms with van der Waals surface area (Å²) in [5.74, 6) is -0.310. The number of para-hydroxylation sites is 2. The molecular weight excluding hydrogens is 481 g/mol. The molecule has 0 spiro atoms. The number of anilines is 2. The predicted molar refractivity (Wildman–Crippen MR) is 129 cm³/mol. The van der Waals surface area contributed by atoms with Gasteiger partial charge < -0.3 is 14.5 Å². The first-order chi connectivity index (χ1) is 16.3. The lowest BCUT2D eigenvalue weighted by molar-refractivity contribution is -0.133. The Morgan fingerprint density at radius 2 is 1.65 bits per heavy atom. The quantitative estimate of drug-likeness (QED) is 0.527. The number of nitrogens with zero attached hydrogens (tertiary/aromatic N) is 2. The number of rotatable bonds is 7. The third-order valence-corrected chi connectivity index (χ3v) is 7.09. The maximum atomic E-state index is 14.0. The second-order valence-electron chi connectivity index (χ2n) is 7.67. The lowest BCUT2D eigenvalue weighted by atomic mass is 10.2. The van der Waals surface area contributed by atoms with Crippen molar-refractivity contribution >= 4 is 38.9 Å². The van der Waals surface area contributed by atoms with Crippen LogP contribution in [0.2, 0.25) is 5.02 Å². The normalized spacial score (nSPS) is 14.1. The van der Waals surface area contributed by atoms with Gasteiger partial charge in [0, 0.05) is 31.9 Å². The fourth-order valence-corrected chi connectivity index (χ4v) is 5.01. The molecule has 1 heterocycles. The molecule has 0 bridgehead atoms. The van der Waals surface area contributed by atoms with Crippen LogP contribution in [0, 0.1) is 5.82 Å². The van der Waals surface area contributed by atoms with Gasteiger partial charge in [0.15, 0.2) is 6.61 Å². The Hall–Kier alpha value is -3.30. The summed E-state index contributed by atoms with van der Waals surface area (Å²) in [6.07, 6.45) is 0. The van der Waals surface area contributed by atoms with Crippen molar-refractivity contribution < 1.29 is 22.3 Å². The number of carbonyl (C=O) groups is 1. The smallest absolute Gasteiger partial charge is 0.261 e. The molecule has 0 aromatic heterocycles. The van der Waals surface area contributed by atoms with E-state index in [1.165, 1.54) is 24.3 Å². The molecule has 1 aliphatic heterocycles. The van der Waals surface area contributed by atoms with Crippen LogP contribution in [0.4, 0.5) is 15.8 Å². The Morgan fingerprint density at radius 1 is 0.971 bits per heavy atom. The van der Waals surface area contributed by atoms with Crippen LogP contribution in [0.5, 0.6) is 5.75 Å². The average molecular weight is 504 g/mol. The van der Waals surface area contributed by atoms with E-state index < -0.39 is 10.0 Å². The number of carbonyl (C=O) groups excluding carboxylic acids is 1. The van der Waals surface area contributed by atoms with Gasteiger partial charge in [-0.15, -0.1) is 0 Å². The molecule has 1 saturated heterocycles. The van der Waals surface area contributed by atoms with E-state index in [0.717, 1.165) is 0 Å². The number of halogens is 2.